The summed E-state index contributed by atoms with van der Waals surface area (Å²) >= 11 is 0. The van der Waals surface area contributed by atoms with Gasteiger partial charge in [-0.25, -0.2) is 0 Å². The molecule has 0 aromatic rings. The predicted octanol–water partition coefficient (Wildman–Crippen LogP) is 4.38. The van der Waals surface area contributed by atoms with E-state index in [1.807, 2.05) is 11.9 Å². The number of ether oxygens (including phenoxy) is 1. The van der Waals surface area contributed by atoms with Gasteiger partial charge in [0.15, 0.2) is 0 Å². The van der Waals surface area contributed by atoms with E-state index < -0.39 is 0 Å². The maximum Gasteiger partial charge on any atom is 0.309 e. The lowest BCUT2D eigenvalue weighted by Crippen LogP contribution is -2.59. The van der Waals surface area contributed by atoms with Crippen LogP contribution in [0.15, 0.2) is 0 Å². The molecular formula is C30H53N3O3. The summed E-state index contributed by atoms with van der Waals surface area (Å²) in [6, 6.07) is 0.736. The number of carbonyl (C=O) groups is 2. The van der Waals surface area contributed by atoms with E-state index in [-0.39, 0.29) is 39.7 Å². The van der Waals surface area contributed by atoms with Crippen molar-refractivity contribution in [3.05, 3.63) is 0 Å². The van der Waals surface area contributed by atoms with Crippen molar-refractivity contribution in [2.75, 3.05) is 33.8 Å². The van der Waals surface area contributed by atoms with E-state index in [2.05, 4.69) is 86.0 Å². The van der Waals surface area contributed by atoms with Crippen molar-refractivity contribution in [1.82, 2.24) is 14.7 Å². The maximum atomic E-state index is 13.8. The Kier molecular flexibility index (Phi) is 6.53. The van der Waals surface area contributed by atoms with Crippen LogP contribution in [0.2, 0.25) is 0 Å². The van der Waals surface area contributed by atoms with Crippen LogP contribution in [-0.4, -0.2) is 83.5 Å². The van der Waals surface area contributed by atoms with E-state index in [0.717, 1.165) is 13.1 Å². The van der Waals surface area contributed by atoms with E-state index in [4.69, 9.17) is 4.74 Å². The van der Waals surface area contributed by atoms with Crippen molar-refractivity contribution in [2.45, 2.75) is 99.3 Å². The van der Waals surface area contributed by atoms with Crippen LogP contribution in [0.5, 0.6) is 0 Å². The van der Waals surface area contributed by atoms with Crippen LogP contribution in [0.4, 0.5) is 0 Å². The van der Waals surface area contributed by atoms with Gasteiger partial charge in [0.1, 0.15) is 0 Å². The molecule has 36 heavy (non-hydrogen) atoms. The Morgan fingerprint density at radius 1 is 0.778 bits per heavy atom. The van der Waals surface area contributed by atoms with Crippen molar-refractivity contribution < 1.29 is 14.3 Å². The largest absolute Gasteiger partial charge is 0.469 e. The molecule has 0 unspecified atom stereocenters. The van der Waals surface area contributed by atoms with Crippen LogP contribution in [0.25, 0.3) is 0 Å². The zero-order valence-corrected chi connectivity index (χ0v) is 25.3. The number of methoxy groups -OCH3 is 1. The van der Waals surface area contributed by atoms with Crippen molar-refractivity contribution >= 4 is 11.9 Å². The number of piperidine rings is 2. The number of amides is 1. The van der Waals surface area contributed by atoms with Gasteiger partial charge in [0, 0.05) is 55.8 Å². The monoisotopic (exact) mass is 503 g/mol. The van der Waals surface area contributed by atoms with Crippen molar-refractivity contribution in [3.63, 3.8) is 0 Å². The normalized spacial score (nSPS) is 36.9. The molecule has 0 aromatic heterocycles. The summed E-state index contributed by atoms with van der Waals surface area (Å²) in [5.74, 6) is 2.14. The first kappa shape index (κ1) is 27.9. The number of likely N-dealkylation sites (tertiary alicyclic amines) is 2. The smallest absolute Gasteiger partial charge is 0.309 e. The summed E-state index contributed by atoms with van der Waals surface area (Å²) in [6.07, 6.45) is 0. The number of hydrogen-bond donors (Lipinski definition) is 0. The molecule has 0 radical (unpaired) electrons. The van der Waals surface area contributed by atoms with E-state index in [1.54, 1.807) is 0 Å². The molecule has 206 valence electrons. The molecule has 1 amide bonds. The Bertz CT molecular complexity index is 893. The first-order chi connectivity index (χ1) is 16.2. The van der Waals surface area contributed by atoms with Gasteiger partial charge in [-0.05, 0) is 69.1 Å². The summed E-state index contributed by atoms with van der Waals surface area (Å²) in [7, 11) is 3.51. The zero-order valence-electron chi connectivity index (χ0n) is 25.3. The second-order valence-corrected chi connectivity index (χ2v) is 16.2. The molecule has 2 heterocycles. The fourth-order valence-corrected chi connectivity index (χ4v) is 8.45. The lowest BCUT2D eigenvalue weighted by atomic mass is 9.80. The summed E-state index contributed by atoms with van der Waals surface area (Å²) in [6.45, 7) is 28.0. The quantitative estimate of drug-likeness (QED) is 0.521. The van der Waals surface area contributed by atoms with Crippen molar-refractivity contribution in [3.8, 4) is 0 Å². The Morgan fingerprint density at radius 2 is 1.22 bits per heavy atom. The fourth-order valence-electron chi connectivity index (χ4n) is 8.45. The fraction of sp³-hybridized carbons (Fsp3) is 0.933. The van der Waals surface area contributed by atoms with Gasteiger partial charge in [0.25, 0.3) is 0 Å². The molecule has 2 saturated carbocycles. The molecule has 2 saturated heterocycles. The summed E-state index contributed by atoms with van der Waals surface area (Å²) in [4.78, 5) is 33.4. The Hall–Kier alpha value is -1.14. The van der Waals surface area contributed by atoms with Gasteiger partial charge in [-0.15, -0.1) is 0 Å². The van der Waals surface area contributed by atoms with Gasteiger partial charge >= 0.3 is 5.97 Å². The summed E-state index contributed by atoms with van der Waals surface area (Å²) in [5, 5.41) is 0. The molecule has 0 bridgehead atoms. The molecule has 2 aliphatic carbocycles. The number of likely N-dealkylation sites (N-methyl/N-ethyl adjacent to an activating group) is 1. The lowest BCUT2D eigenvalue weighted by molar-refractivity contribution is -0.144. The van der Waals surface area contributed by atoms with Gasteiger partial charge in [-0.3, -0.25) is 19.4 Å². The van der Waals surface area contributed by atoms with Crippen LogP contribution in [0.1, 0.15) is 76.2 Å². The highest BCUT2D eigenvalue weighted by Crippen LogP contribution is 2.62. The lowest BCUT2D eigenvalue weighted by Gasteiger charge is -2.48. The molecule has 4 aliphatic rings. The Morgan fingerprint density at radius 3 is 1.69 bits per heavy atom. The minimum atomic E-state index is -0.165. The summed E-state index contributed by atoms with van der Waals surface area (Å²) < 4.78 is 5.11. The number of fused-ring (bicyclic) bond motifs is 2. The van der Waals surface area contributed by atoms with E-state index >= 15 is 0 Å². The van der Waals surface area contributed by atoms with E-state index in [0.29, 0.717) is 48.2 Å². The topological polar surface area (TPSA) is 53.1 Å². The van der Waals surface area contributed by atoms with Crippen LogP contribution in [-0.2, 0) is 14.3 Å². The number of esters is 1. The number of carbonyl (C=O) groups excluding carboxylic acids is 2. The molecule has 0 N–H and O–H groups in total. The number of nitrogens with zero attached hydrogens (tertiary/aromatic N) is 3. The van der Waals surface area contributed by atoms with Gasteiger partial charge in [-0.1, -0.05) is 41.5 Å². The van der Waals surface area contributed by atoms with Crippen LogP contribution in [0, 0.1) is 46.3 Å². The Labute approximate surface area is 220 Å². The maximum absolute atomic E-state index is 13.8. The average Bonchev–Trinajstić information content (AvgIpc) is 3.46. The molecule has 8 atom stereocenters. The second kappa shape index (κ2) is 8.43. The minimum Gasteiger partial charge on any atom is -0.469 e. The van der Waals surface area contributed by atoms with Crippen LogP contribution < -0.4 is 0 Å². The third kappa shape index (κ3) is 4.52. The SMILES string of the molecule is COC(=O)[C@H]1[C@@H]2CN(C(C)(C)CN(C)C(=O)[C@H]3[C@@H]4CN(C(C)(C)C)[C@H](C(C)(C)C)[C@@H]43)[C@H](C(C)(C)C)[C@@H]21. The summed E-state index contributed by atoms with van der Waals surface area (Å²) in [5.41, 5.74) is 0.146. The van der Waals surface area contributed by atoms with Crippen LogP contribution >= 0.6 is 0 Å². The highest BCUT2D eigenvalue weighted by molar-refractivity contribution is 5.83. The molecule has 4 rings (SSSR count). The molecule has 4 fully saturated rings. The molecule has 6 nitrogen and oxygen atoms in total. The standard InChI is InChI=1S/C30H53N3O3/c1-27(2,3)23-19-17(14-32(23)29(7,8)9)21(19)25(34)31(12)16-30(10,11)33-15-18-20(22(18)26(35)36-13)24(33)28(4,5)6/h17-24H,14-16H2,1-13H3/t17-,18-,19+,20+,21+,22+,23+,24+/m1/s1. The highest BCUT2D eigenvalue weighted by atomic mass is 16.5. The number of rotatable bonds is 5. The number of hydrogen-bond acceptors (Lipinski definition) is 5. The first-order valence-corrected chi connectivity index (χ1v) is 14.1. The highest BCUT2D eigenvalue weighted by Gasteiger charge is 2.70. The molecule has 2 aliphatic heterocycles. The van der Waals surface area contributed by atoms with Crippen LogP contribution in [0.3, 0.4) is 0 Å². The zero-order chi connectivity index (χ0) is 27.3. The van der Waals surface area contributed by atoms with E-state index in [9.17, 15) is 9.59 Å². The van der Waals surface area contributed by atoms with Gasteiger partial charge < -0.3 is 9.64 Å². The third-order valence-corrected chi connectivity index (χ3v) is 9.85. The van der Waals surface area contributed by atoms with Crippen molar-refractivity contribution in [1.29, 1.82) is 0 Å². The first-order valence-electron chi connectivity index (χ1n) is 14.1. The van der Waals surface area contributed by atoms with E-state index in [1.165, 1.54) is 7.11 Å². The molecule has 6 heteroatoms. The molecule has 0 spiro atoms. The third-order valence-electron chi connectivity index (χ3n) is 9.85. The molecular weight excluding hydrogens is 450 g/mol. The van der Waals surface area contributed by atoms with Gasteiger partial charge in [0.2, 0.25) is 5.91 Å². The van der Waals surface area contributed by atoms with Crippen molar-refractivity contribution in [2.24, 2.45) is 46.3 Å². The van der Waals surface area contributed by atoms with Gasteiger partial charge in [0.05, 0.1) is 13.0 Å². The average molecular weight is 504 g/mol. The minimum absolute atomic E-state index is 0.0385. The Balaban J connectivity index is 1.45. The van der Waals surface area contributed by atoms with Gasteiger partial charge in [-0.2, -0.15) is 0 Å². The molecule has 0 aromatic carbocycles. The second-order valence-electron chi connectivity index (χ2n) is 16.2. The predicted molar refractivity (Wildman–Crippen MR) is 144 cm³/mol.